The van der Waals surface area contributed by atoms with Gasteiger partial charge >= 0.3 is 6.18 Å². The van der Waals surface area contributed by atoms with Gasteiger partial charge in [-0.05, 0) is 6.07 Å². The first-order valence-corrected chi connectivity index (χ1v) is 6.58. The fourth-order valence-electron chi connectivity index (χ4n) is 2.39. The zero-order valence-electron chi connectivity index (χ0n) is 12.3. The highest BCUT2D eigenvalue weighted by Crippen LogP contribution is 2.42. The predicted molar refractivity (Wildman–Crippen MR) is 75.7 cm³/mol. The number of nitro groups is 1. The van der Waals surface area contributed by atoms with Crippen molar-refractivity contribution in [1.82, 2.24) is 10.6 Å². The van der Waals surface area contributed by atoms with Crippen LogP contribution >= 0.6 is 0 Å². The summed E-state index contributed by atoms with van der Waals surface area (Å²) in [6.07, 6.45) is -5.31. The van der Waals surface area contributed by atoms with Crippen LogP contribution in [0.4, 0.5) is 18.9 Å². The van der Waals surface area contributed by atoms with E-state index in [4.69, 9.17) is 5.26 Å². The predicted octanol–water partition coefficient (Wildman–Crippen LogP) is 1.41. The molecule has 2 amide bonds. The lowest BCUT2D eigenvalue weighted by molar-refractivity contribution is -0.384. The molecule has 25 heavy (non-hydrogen) atoms. The van der Waals surface area contributed by atoms with Gasteiger partial charge < -0.3 is 10.6 Å². The monoisotopic (exact) mass is 354 g/mol. The van der Waals surface area contributed by atoms with E-state index in [1.807, 2.05) is 0 Å². The molecular weight excluding hydrogens is 345 g/mol. The maximum absolute atomic E-state index is 13.6. The lowest BCUT2D eigenvalue weighted by atomic mass is 9.84. The molecule has 1 saturated heterocycles. The van der Waals surface area contributed by atoms with Crippen LogP contribution in [-0.2, 0) is 4.79 Å². The first-order valence-electron chi connectivity index (χ1n) is 6.58. The summed E-state index contributed by atoms with van der Waals surface area (Å²) in [4.78, 5) is 34.0. The van der Waals surface area contributed by atoms with Crippen LogP contribution in [-0.4, -0.2) is 28.5 Å². The number of hydrogen-bond acceptors (Lipinski definition) is 5. The first-order chi connectivity index (χ1) is 11.5. The Morgan fingerprint density at radius 1 is 1.48 bits per heavy atom. The summed E-state index contributed by atoms with van der Waals surface area (Å²) in [5, 5.41) is 23.0. The summed E-state index contributed by atoms with van der Waals surface area (Å²) < 4.78 is 40.8. The normalized spacial score (nSPS) is 22.9. The second kappa shape index (κ2) is 5.90. The lowest BCUT2D eigenvalue weighted by Gasteiger charge is -2.32. The van der Waals surface area contributed by atoms with Gasteiger partial charge in [0, 0.05) is 23.4 Å². The van der Waals surface area contributed by atoms with Crippen molar-refractivity contribution < 1.29 is 27.7 Å². The van der Waals surface area contributed by atoms with E-state index in [0.29, 0.717) is 0 Å². The number of nitrogens with one attached hydrogen (secondary N) is 2. The quantitative estimate of drug-likeness (QED) is 0.627. The third kappa shape index (κ3) is 2.78. The Morgan fingerprint density at radius 2 is 2.12 bits per heavy atom. The largest absolute Gasteiger partial charge is 0.422 e. The van der Waals surface area contributed by atoms with Crippen molar-refractivity contribution in [2.24, 2.45) is 5.92 Å². The van der Waals surface area contributed by atoms with Crippen molar-refractivity contribution in [3.8, 4) is 6.07 Å². The second-order valence-electron chi connectivity index (χ2n) is 5.11. The van der Waals surface area contributed by atoms with Gasteiger partial charge in [-0.1, -0.05) is 12.6 Å². The highest BCUT2D eigenvalue weighted by molar-refractivity contribution is 6.02. The third-order valence-corrected chi connectivity index (χ3v) is 3.62. The molecule has 0 spiro atoms. The van der Waals surface area contributed by atoms with Gasteiger partial charge in [0.25, 0.3) is 17.5 Å². The van der Waals surface area contributed by atoms with Crippen LogP contribution in [0.15, 0.2) is 36.5 Å². The molecule has 1 heterocycles. The van der Waals surface area contributed by atoms with E-state index in [-0.39, 0.29) is 0 Å². The zero-order valence-corrected chi connectivity index (χ0v) is 12.3. The van der Waals surface area contributed by atoms with Gasteiger partial charge in [0.15, 0.2) is 0 Å². The zero-order chi connectivity index (χ0) is 19.0. The van der Waals surface area contributed by atoms with E-state index >= 15 is 0 Å². The minimum atomic E-state index is -5.31. The molecule has 1 aromatic carbocycles. The summed E-state index contributed by atoms with van der Waals surface area (Å²) in [5.74, 6) is -5.15. The molecule has 1 aromatic rings. The van der Waals surface area contributed by atoms with E-state index in [9.17, 15) is 32.9 Å². The smallest absolute Gasteiger partial charge is 0.329 e. The summed E-state index contributed by atoms with van der Waals surface area (Å²) >= 11 is 0. The molecule has 0 aliphatic carbocycles. The number of amides is 2. The molecule has 2 N–H and O–H groups in total. The van der Waals surface area contributed by atoms with Crippen LogP contribution in [0, 0.1) is 27.4 Å². The number of halogens is 3. The van der Waals surface area contributed by atoms with Crippen LogP contribution in [0.3, 0.4) is 0 Å². The average molecular weight is 354 g/mol. The van der Waals surface area contributed by atoms with E-state index in [0.717, 1.165) is 24.3 Å². The van der Waals surface area contributed by atoms with Crippen molar-refractivity contribution in [2.75, 3.05) is 0 Å². The van der Waals surface area contributed by atoms with Crippen LogP contribution in [0.5, 0.6) is 0 Å². The van der Waals surface area contributed by atoms with Gasteiger partial charge in [-0.25, -0.2) is 0 Å². The maximum Gasteiger partial charge on any atom is 0.422 e. The van der Waals surface area contributed by atoms with Crippen molar-refractivity contribution in [3.63, 3.8) is 0 Å². The minimum absolute atomic E-state index is 0.472. The first kappa shape index (κ1) is 17.9. The molecule has 0 unspecified atom stereocenters. The molecule has 2 rings (SSSR count). The number of carbonyl (C=O) groups excluding carboxylic acids is 2. The maximum atomic E-state index is 13.6. The number of non-ortho nitro benzene ring substituents is 1. The van der Waals surface area contributed by atoms with Gasteiger partial charge in [0.2, 0.25) is 5.54 Å². The number of rotatable bonds is 3. The molecule has 1 fully saturated rings. The topological polar surface area (TPSA) is 125 Å². The summed E-state index contributed by atoms with van der Waals surface area (Å²) in [5.41, 5.74) is -5.05. The van der Waals surface area contributed by atoms with E-state index in [1.54, 1.807) is 5.32 Å². The molecule has 1 aliphatic rings. The number of alkyl halides is 3. The van der Waals surface area contributed by atoms with Crippen LogP contribution in [0.25, 0.3) is 0 Å². The molecule has 11 heteroatoms. The van der Waals surface area contributed by atoms with E-state index < -0.39 is 51.3 Å². The molecule has 0 saturated carbocycles. The third-order valence-electron chi connectivity index (χ3n) is 3.62. The van der Waals surface area contributed by atoms with Crippen LogP contribution in [0.1, 0.15) is 10.4 Å². The highest BCUT2D eigenvalue weighted by Gasteiger charge is 2.70. The number of nitro benzene ring substituents is 1. The number of nitrogens with zero attached hydrogens (tertiary/aromatic N) is 2. The Kier molecular flexibility index (Phi) is 4.23. The second-order valence-corrected chi connectivity index (χ2v) is 5.11. The number of carbonyl (C=O) groups is 2. The molecule has 0 radical (unpaired) electrons. The number of benzene rings is 1. The molecule has 2 atom stereocenters. The molecule has 130 valence electrons. The number of nitriles is 1. The van der Waals surface area contributed by atoms with Crippen molar-refractivity contribution in [2.45, 2.75) is 11.7 Å². The van der Waals surface area contributed by atoms with Crippen LogP contribution < -0.4 is 10.6 Å². The van der Waals surface area contributed by atoms with Crippen LogP contribution in [0.2, 0.25) is 0 Å². The van der Waals surface area contributed by atoms with Gasteiger partial charge in [-0.3, -0.25) is 19.7 Å². The summed E-state index contributed by atoms with van der Waals surface area (Å²) in [6.45, 7) is 3.19. The molecule has 1 aliphatic heterocycles. The molecule has 8 nitrogen and oxygen atoms in total. The van der Waals surface area contributed by atoms with Crippen molar-refractivity contribution >= 4 is 17.5 Å². The Morgan fingerprint density at radius 3 is 2.64 bits per heavy atom. The van der Waals surface area contributed by atoms with Crippen molar-refractivity contribution in [1.29, 1.82) is 5.26 Å². The van der Waals surface area contributed by atoms with Gasteiger partial charge in [-0.15, -0.1) is 0 Å². The van der Waals surface area contributed by atoms with Gasteiger partial charge in [-0.2, -0.15) is 18.4 Å². The minimum Gasteiger partial charge on any atom is -0.329 e. The molecule has 0 bridgehead atoms. The molecule has 0 aromatic heterocycles. The fraction of sp³-hybridized carbons (Fsp3) is 0.214. The highest BCUT2D eigenvalue weighted by atomic mass is 19.4. The summed E-state index contributed by atoms with van der Waals surface area (Å²) in [6, 6.07) is 5.23. The Bertz CT molecular complexity index is 830. The number of hydrogen-bond donors (Lipinski definition) is 2. The van der Waals surface area contributed by atoms with E-state index in [2.05, 4.69) is 6.58 Å². The Hall–Kier alpha value is -3.42. The average Bonchev–Trinajstić information content (AvgIpc) is 2.77. The summed E-state index contributed by atoms with van der Waals surface area (Å²) in [7, 11) is 0. The SMILES string of the molecule is C=C1NC(=O)[C@@](NC(=O)c2cccc([N+](=O)[O-])c2)(C(F)(F)F)[C@H]1C#N. The van der Waals surface area contributed by atoms with Gasteiger partial charge in [0.1, 0.15) is 5.92 Å². The Balaban J connectivity index is 2.49. The fourth-order valence-corrected chi connectivity index (χ4v) is 2.39. The molecular formula is C14H9F3N4O4. The van der Waals surface area contributed by atoms with E-state index in [1.165, 1.54) is 11.4 Å². The van der Waals surface area contributed by atoms with Crippen molar-refractivity contribution in [3.05, 3.63) is 52.2 Å². The standard InChI is InChI=1S/C14H9F3N4O4/c1-7-10(6-18)13(12(23)19-7,14(15,16)17)20-11(22)8-3-2-4-9(5-8)21(24)25/h2-5,10H,1H2,(H,19,23)(H,20,22)/t10-,13+/m0/s1. The van der Waals surface area contributed by atoms with Gasteiger partial charge in [0.05, 0.1) is 11.0 Å². The lowest BCUT2D eigenvalue weighted by Crippen LogP contribution is -2.66. The Labute approximate surface area is 138 Å².